The van der Waals surface area contributed by atoms with Gasteiger partial charge in [0.15, 0.2) is 5.13 Å². The summed E-state index contributed by atoms with van der Waals surface area (Å²) in [6.07, 6.45) is 0.140. The summed E-state index contributed by atoms with van der Waals surface area (Å²) in [5.74, 6) is -1.03. The molecule has 9 heteroatoms. The van der Waals surface area contributed by atoms with E-state index >= 15 is 0 Å². The number of thiazole rings is 1. The third-order valence-corrected chi connectivity index (χ3v) is 7.76. The molecule has 3 aromatic rings. The minimum absolute atomic E-state index is 0. The highest BCUT2D eigenvalue weighted by atomic mass is 35.5. The van der Waals surface area contributed by atoms with E-state index in [1.165, 1.54) is 29.0 Å². The normalized spacial score (nSPS) is 15.7. The molecule has 35 heavy (non-hydrogen) atoms. The van der Waals surface area contributed by atoms with Crippen molar-refractivity contribution in [3.8, 4) is 0 Å². The van der Waals surface area contributed by atoms with Crippen LogP contribution in [0.25, 0.3) is 10.2 Å². The van der Waals surface area contributed by atoms with Gasteiger partial charge in [-0.05, 0) is 68.4 Å². The Morgan fingerprint density at radius 2 is 1.80 bits per heavy atom. The van der Waals surface area contributed by atoms with Crippen LogP contribution in [0, 0.1) is 25.6 Å². The highest BCUT2D eigenvalue weighted by Crippen LogP contribution is 2.34. The summed E-state index contributed by atoms with van der Waals surface area (Å²) in [6.45, 7) is 11.7. The molecule has 0 aliphatic carbocycles. The van der Waals surface area contributed by atoms with Gasteiger partial charge in [0.25, 0.3) is 0 Å². The van der Waals surface area contributed by atoms with Crippen molar-refractivity contribution >= 4 is 56.6 Å². The van der Waals surface area contributed by atoms with Crippen LogP contribution in [0.15, 0.2) is 36.4 Å². The van der Waals surface area contributed by atoms with E-state index in [0.29, 0.717) is 17.4 Å². The smallest absolute Gasteiger partial charge is 0.234 e. The van der Waals surface area contributed by atoms with Gasteiger partial charge in [-0.2, -0.15) is 0 Å². The Labute approximate surface area is 216 Å². The topological polar surface area (TPSA) is 56.8 Å². The van der Waals surface area contributed by atoms with Gasteiger partial charge in [-0.1, -0.05) is 31.3 Å². The maximum atomic E-state index is 13.8. The molecule has 0 radical (unpaired) electrons. The Kier molecular flexibility index (Phi) is 8.85. The van der Waals surface area contributed by atoms with Crippen LogP contribution in [0.1, 0.15) is 31.4 Å². The molecule has 188 valence electrons. The second kappa shape index (κ2) is 11.5. The molecule has 0 N–H and O–H groups in total. The number of benzene rings is 2. The van der Waals surface area contributed by atoms with Gasteiger partial charge in [0, 0.05) is 31.7 Å². The molecular weight excluding hydrogens is 487 g/mol. The van der Waals surface area contributed by atoms with Crippen molar-refractivity contribution in [3.05, 3.63) is 53.3 Å². The second-order valence-electron chi connectivity index (χ2n) is 8.75. The molecule has 1 saturated heterocycles. The number of nitrogens with zero attached hydrogens (tertiary/aromatic N) is 4. The molecule has 0 spiro atoms. The maximum Gasteiger partial charge on any atom is 0.234 e. The lowest BCUT2D eigenvalue weighted by Gasteiger charge is -2.26. The Hall–Kier alpha value is -2.55. The fourth-order valence-electron chi connectivity index (χ4n) is 4.38. The van der Waals surface area contributed by atoms with Gasteiger partial charge in [0.2, 0.25) is 11.8 Å². The minimum atomic E-state index is -0.468. The van der Waals surface area contributed by atoms with Crippen LogP contribution in [0.2, 0.25) is 0 Å². The van der Waals surface area contributed by atoms with Crippen molar-refractivity contribution in [2.24, 2.45) is 5.92 Å². The fraction of sp³-hybridized carbons (Fsp3) is 0.423. The predicted octanol–water partition coefficient (Wildman–Crippen LogP) is 5.20. The molecule has 1 fully saturated rings. The largest absolute Gasteiger partial charge is 0.312 e. The van der Waals surface area contributed by atoms with E-state index in [2.05, 4.69) is 44.7 Å². The van der Waals surface area contributed by atoms with Gasteiger partial charge in [0.1, 0.15) is 5.82 Å². The van der Waals surface area contributed by atoms with E-state index in [-0.39, 0.29) is 43.0 Å². The molecule has 1 aliphatic heterocycles. The quantitative estimate of drug-likeness (QED) is 0.411. The summed E-state index contributed by atoms with van der Waals surface area (Å²) in [4.78, 5) is 37.0. The Morgan fingerprint density at radius 3 is 2.46 bits per heavy atom. The summed E-state index contributed by atoms with van der Waals surface area (Å²) in [7, 11) is 0. The molecule has 2 aromatic carbocycles. The van der Waals surface area contributed by atoms with E-state index in [1.807, 2.05) is 0 Å². The molecule has 6 nitrogen and oxygen atoms in total. The van der Waals surface area contributed by atoms with E-state index in [0.717, 1.165) is 35.4 Å². The Balaban J connectivity index is 0.00000342. The summed E-state index contributed by atoms with van der Waals surface area (Å²) >= 11 is 1.52. The van der Waals surface area contributed by atoms with Crippen molar-refractivity contribution in [2.75, 3.05) is 42.5 Å². The average molecular weight is 519 g/mol. The molecule has 2 amide bonds. The third-order valence-electron chi connectivity index (χ3n) is 6.72. The number of likely N-dealkylation sites (N-methyl/N-ethyl adjacent to an activating group) is 1. The van der Waals surface area contributed by atoms with E-state index < -0.39 is 5.92 Å². The molecular formula is C26H32ClFN4O2S. The Morgan fingerprint density at radius 1 is 1.11 bits per heavy atom. The zero-order valence-corrected chi connectivity index (χ0v) is 22.2. The molecule has 1 unspecified atom stereocenters. The molecule has 1 atom stereocenters. The van der Waals surface area contributed by atoms with Crippen LogP contribution >= 0.6 is 23.7 Å². The number of rotatable bonds is 8. The fourth-order valence-corrected chi connectivity index (χ4v) is 5.43. The molecule has 0 saturated carbocycles. The number of hydrogen-bond acceptors (Lipinski definition) is 5. The average Bonchev–Trinajstić information content (AvgIpc) is 3.44. The number of carbonyl (C=O) groups excluding carboxylic acids is 2. The number of aromatic nitrogens is 1. The first-order chi connectivity index (χ1) is 16.3. The molecule has 1 aromatic heterocycles. The van der Waals surface area contributed by atoms with Gasteiger partial charge in [-0.15, -0.1) is 12.4 Å². The zero-order chi connectivity index (χ0) is 24.4. The first kappa shape index (κ1) is 27.0. The number of amides is 2. The Bertz CT molecular complexity index is 1200. The van der Waals surface area contributed by atoms with E-state index in [4.69, 9.17) is 4.98 Å². The van der Waals surface area contributed by atoms with Gasteiger partial charge in [0.05, 0.1) is 16.1 Å². The van der Waals surface area contributed by atoms with Gasteiger partial charge < -0.3 is 9.80 Å². The van der Waals surface area contributed by atoms with Crippen molar-refractivity contribution in [1.29, 1.82) is 0 Å². The lowest BCUT2D eigenvalue weighted by molar-refractivity contribution is -0.124. The summed E-state index contributed by atoms with van der Waals surface area (Å²) < 4.78 is 14.4. The van der Waals surface area contributed by atoms with Crippen LogP contribution < -0.4 is 9.80 Å². The van der Waals surface area contributed by atoms with Crippen molar-refractivity contribution < 1.29 is 14.0 Å². The molecule has 0 bridgehead atoms. The van der Waals surface area contributed by atoms with Crippen LogP contribution in [0.4, 0.5) is 15.2 Å². The van der Waals surface area contributed by atoms with Gasteiger partial charge in [-0.25, -0.2) is 9.37 Å². The first-order valence-electron chi connectivity index (χ1n) is 11.8. The first-order valence-corrected chi connectivity index (χ1v) is 12.6. The van der Waals surface area contributed by atoms with Crippen LogP contribution in [-0.2, 0) is 9.59 Å². The molecule has 1 aliphatic rings. The molecule has 2 heterocycles. The number of aryl methyl sites for hydroxylation is 2. The van der Waals surface area contributed by atoms with Crippen LogP contribution in [0.3, 0.4) is 0 Å². The van der Waals surface area contributed by atoms with Crippen LogP contribution in [-0.4, -0.2) is 54.4 Å². The zero-order valence-electron chi connectivity index (χ0n) is 20.6. The lowest BCUT2D eigenvalue weighted by Crippen LogP contribution is -2.42. The van der Waals surface area contributed by atoms with Crippen molar-refractivity contribution in [2.45, 2.75) is 34.1 Å². The number of hydrogen-bond donors (Lipinski definition) is 0. The second-order valence-corrected chi connectivity index (χ2v) is 9.76. The van der Waals surface area contributed by atoms with Crippen LogP contribution in [0.5, 0.6) is 0 Å². The summed E-state index contributed by atoms with van der Waals surface area (Å²) in [5.41, 5.74) is 3.83. The number of fused-ring (bicyclic) bond motifs is 1. The standard InChI is InChI=1S/C26H31FN4O2S.ClH/c1-5-29(6-2)13-14-30(26-28-24-18(4)17(3)7-12-22(24)34-26)25(33)19-15-23(32)31(16-19)21-10-8-20(27)9-11-21;/h7-12,19H,5-6,13-16H2,1-4H3;1H. The number of halogens is 2. The maximum absolute atomic E-state index is 13.8. The number of carbonyl (C=O) groups is 2. The van der Waals surface area contributed by atoms with E-state index in [9.17, 15) is 14.0 Å². The van der Waals surface area contributed by atoms with E-state index in [1.54, 1.807) is 21.9 Å². The molecule has 4 rings (SSSR count). The monoisotopic (exact) mass is 518 g/mol. The van der Waals surface area contributed by atoms with Crippen molar-refractivity contribution in [1.82, 2.24) is 9.88 Å². The minimum Gasteiger partial charge on any atom is -0.312 e. The predicted molar refractivity (Wildman–Crippen MR) is 143 cm³/mol. The highest BCUT2D eigenvalue weighted by molar-refractivity contribution is 7.22. The van der Waals surface area contributed by atoms with Gasteiger partial charge in [-0.3, -0.25) is 14.5 Å². The SMILES string of the molecule is CCN(CC)CCN(C(=O)C1CC(=O)N(c2ccc(F)cc2)C1)c1nc2c(C)c(C)ccc2s1.Cl. The van der Waals surface area contributed by atoms with Crippen molar-refractivity contribution in [3.63, 3.8) is 0 Å². The summed E-state index contributed by atoms with van der Waals surface area (Å²) in [5, 5.41) is 0.675. The lowest BCUT2D eigenvalue weighted by atomic mass is 10.1. The number of anilines is 2. The third kappa shape index (κ3) is 5.66. The summed E-state index contributed by atoms with van der Waals surface area (Å²) in [6, 6.07) is 9.96. The van der Waals surface area contributed by atoms with Gasteiger partial charge >= 0.3 is 0 Å². The highest BCUT2D eigenvalue weighted by Gasteiger charge is 2.38.